The molecule has 136 valence electrons. The van der Waals surface area contributed by atoms with Gasteiger partial charge in [0.05, 0.1) is 5.56 Å². The molecule has 2 aliphatic heterocycles. The third-order valence-electron chi connectivity index (χ3n) is 4.99. The Balaban J connectivity index is 1.61. The third kappa shape index (κ3) is 3.96. The first-order chi connectivity index (χ1) is 11.9. The number of carbonyl (C=O) groups is 2. The van der Waals surface area contributed by atoms with Crippen LogP contribution >= 0.6 is 0 Å². The number of piperidine rings is 1. The molecule has 2 aliphatic rings. The molecule has 4 nitrogen and oxygen atoms in total. The minimum Gasteiger partial charge on any atom is -0.342 e. The zero-order valence-electron chi connectivity index (χ0n) is 13.9. The van der Waals surface area contributed by atoms with E-state index in [9.17, 15) is 22.8 Å². The lowest BCUT2D eigenvalue weighted by Crippen LogP contribution is -2.43. The van der Waals surface area contributed by atoms with Crippen molar-refractivity contribution < 1.29 is 22.8 Å². The number of halogens is 3. The molecule has 25 heavy (non-hydrogen) atoms. The van der Waals surface area contributed by atoms with E-state index in [1.807, 2.05) is 4.90 Å². The molecule has 0 spiro atoms. The van der Waals surface area contributed by atoms with Gasteiger partial charge in [0.25, 0.3) is 5.91 Å². The van der Waals surface area contributed by atoms with Gasteiger partial charge in [0.15, 0.2) is 0 Å². The van der Waals surface area contributed by atoms with Crippen molar-refractivity contribution in [2.45, 2.75) is 31.9 Å². The van der Waals surface area contributed by atoms with E-state index in [0.717, 1.165) is 38.1 Å². The van der Waals surface area contributed by atoms with Crippen LogP contribution in [0.3, 0.4) is 0 Å². The number of rotatable bonds is 2. The van der Waals surface area contributed by atoms with Gasteiger partial charge in [-0.15, -0.1) is 0 Å². The zero-order valence-corrected chi connectivity index (χ0v) is 13.9. The van der Waals surface area contributed by atoms with Crippen LogP contribution in [-0.4, -0.2) is 47.8 Å². The first kappa shape index (κ1) is 17.8. The van der Waals surface area contributed by atoms with Crippen LogP contribution in [-0.2, 0) is 11.0 Å². The van der Waals surface area contributed by atoms with E-state index in [1.165, 1.54) is 12.1 Å². The fourth-order valence-corrected chi connectivity index (χ4v) is 3.54. The van der Waals surface area contributed by atoms with E-state index in [4.69, 9.17) is 0 Å². The summed E-state index contributed by atoms with van der Waals surface area (Å²) in [7, 11) is 0. The second-order valence-electron chi connectivity index (χ2n) is 6.68. The van der Waals surface area contributed by atoms with Crippen LogP contribution in [0.15, 0.2) is 24.3 Å². The molecule has 0 atom stereocenters. The molecule has 0 unspecified atom stereocenters. The Labute approximate surface area is 144 Å². The molecular formula is C18H21F3N2O2. The van der Waals surface area contributed by atoms with Crippen molar-refractivity contribution in [1.82, 2.24) is 9.80 Å². The Morgan fingerprint density at radius 1 is 0.960 bits per heavy atom. The van der Waals surface area contributed by atoms with Gasteiger partial charge in [-0.1, -0.05) is 6.07 Å². The number of alkyl halides is 3. The van der Waals surface area contributed by atoms with Crippen LogP contribution in [0.1, 0.15) is 41.6 Å². The summed E-state index contributed by atoms with van der Waals surface area (Å²) >= 11 is 0. The maximum atomic E-state index is 12.8. The maximum absolute atomic E-state index is 12.8. The average molecular weight is 354 g/mol. The summed E-state index contributed by atoms with van der Waals surface area (Å²) in [4.78, 5) is 28.3. The third-order valence-corrected chi connectivity index (χ3v) is 4.99. The minimum atomic E-state index is -4.47. The van der Waals surface area contributed by atoms with Crippen molar-refractivity contribution in [3.8, 4) is 0 Å². The van der Waals surface area contributed by atoms with Crippen molar-refractivity contribution in [2.24, 2.45) is 5.92 Å². The Hall–Kier alpha value is -2.05. The Kier molecular flexibility index (Phi) is 5.01. The van der Waals surface area contributed by atoms with Crippen LogP contribution in [0.4, 0.5) is 13.2 Å². The van der Waals surface area contributed by atoms with E-state index in [1.54, 1.807) is 4.90 Å². The lowest BCUT2D eigenvalue weighted by molar-refractivity contribution is -0.138. The highest BCUT2D eigenvalue weighted by Gasteiger charge is 2.33. The lowest BCUT2D eigenvalue weighted by atomic mass is 9.94. The molecule has 0 aliphatic carbocycles. The number of hydrogen-bond donors (Lipinski definition) is 0. The summed E-state index contributed by atoms with van der Waals surface area (Å²) in [6.07, 6.45) is -1.25. The molecule has 1 aromatic rings. The standard InChI is InChI=1S/C18H21F3N2O2/c19-18(20,21)15-5-3-4-14(12-15)17(25)23-10-6-13(7-11-23)16(24)22-8-1-2-9-22/h3-5,12-13H,1-2,6-11H2. The fraction of sp³-hybridized carbons (Fsp3) is 0.556. The topological polar surface area (TPSA) is 40.6 Å². The van der Waals surface area contributed by atoms with E-state index >= 15 is 0 Å². The Bertz CT molecular complexity index is 646. The summed E-state index contributed by atoms with van der Waals surface area (Å²) in [5.74, 6) is -0.328. The van der Waals surface area contributed by atoms with Crippen LogP contribution in [0, 0.1) is 5.92 Å². The molecule has 3 rings (SSSR count). The van der Waals surface area contributed by atoms with Crippen LogP contribution < -0.4 is 0 Å². The van der Waals surface area contributed by atoms with Gasteiger partial charge in [0, 0.05) is 37.7 Å². The lowest BCUT2D eigenvalue weighted by Gasteiger charge is -2.33. The van der Waals surface area contributed by atoms with Gasteiger partial charge in [0.1, 0.15) is 0 Å². The molecule has 0 aromatic heterocycles. The highest BCUT2D eigenvalue weighted by atomic mass is 19.4. The Morgan fingerprint density at radius 3 is 2.20 bits per heavy atom. The molecule has 2 saturated heterocycles. The number of amides is 2. The molecule has 0 N–H and O–H groups in total. The predicted octanol–water partition coefficient (Wildman–Crippen LogP) is 3.18. The molecule has 1 aromatic carbocycles. The van der Waals surface area contributed by atoms with Crippen molar-refractivity contribution in [3.05, 3.63) is 35.4 Å². The smallest absolute Gasteiger partial charge is 0.342 e. The van der Waals surface area contributed by atoms with E-state index in [-0.39, 0.29) is 17.4 Å². The predicted molar refractivity (Wildman–Crippen MR) is 85.9 cm³/mol. The number of carbonyl (C=O) groups excluding carboxylic acids is 2. The van der Waals surface area contributed by atoms with Gasteiger partial charge in [-0.05, 0) is 43.9 Å². The van der Waals surface area contributed by atoms with Crippen LogP contribution in [0.2, 0.25) is 0 Å². The summed E-state index contributed by atoms with van der Waals surface area (Å²) in [5, 5.41) is 0. The second-order valence-corrected chi connectivity index (χ2v) is 6.68. The summed E-state index contributed by atoms with van der Waals surface area (Å²) in [6, 6.07) is 4.50. The highest BCUT2D eigenvalue weighted by molar-refractivity contribution is 5.94. The number of benzene rings is 1. The first-order valence-electron chi connectivity index (χ1n) is 8.61. The van der Waals surface area contributed by atoms with E-state index < -0.39 is 17.6 Å². The highest BCUT2D eigenvalue weighted by Crippen LogP contribution is 2.30. The van der Waals surface area contributed by atoms with Crippen molar-refractivity contribution in [3.63, 3.8) is 0 Å². The van der Waals surface area contributed by atoms with E-state index in [0.29, 0.717) is 25.9 Å². The van der Waals surface area contributed by atoms with Gasteiger partial charge in [-0.25, -0.2) is 0 Å². The average Bonchev–Trinajstić information content (AvgIpc) is 3.15. The van der Waals surface area contributed by atoms with Gasteiger partial charge >= 0.3 is 6.18 Å². The quantitative estimate of drug-likeness (QED) is 0.818. The molecule has 2 heterocycles. The van der Waals surface area contributed by atoms with Crippen LogP contribution in [0.5, 0.6) is 0 Å². The van der Waals surface area contributed by atoms with Crippen LogP contribution in [0.25, 0.3) is 0 Å². The second kappa shape index (κ2) is 7.06. The van der Waals surface area contributed by atoms with Crippen molar-refractivity contribution in [1.29, 1.82) is 0 Å². The minimum absolute atomic E-state index is 0.0409. The molecule has 0 radical (unpaired) electrons. The maximum Gasteiger partial charge on any atom is 0.416 e. The van der Waals surface area contributed by atoms with Gasteiger partial charge in [-0.2, -0.15) is 13.2 Å². The molecule has 0 bridgehead atoms. The van der Waals surface area contributed by atoms with Crippen molar-refractivity contribution >= 4 is 11.8 Å². The largest absolute Gasteiger partial charge is 0.416 e. The number of nitrogens with zero attached hydrogens (tertiary/aromatic N) is 2. The first-order valence-corrected chi connectivity index (χ1v) is 8.61. The Morgan fingerprint density at radius 2 is 1.60 bits per heavy atom. The zero-order chi connectivity index (χ0) is 18.0. The molecule has 2 amide bonds. The normalized spacial score (nSPS) is 19.3. The summed E-state index contributed by atoms with van der Waals surface area (Å²) in [6.45, 7) is 2.42. The number of hydrogen-bond acceptors (Lipinski definition) is 2. The molecule has 7 heteroatoms. The van der Waals surface area contributed by atoms with Gasteiger partial charge < -0.3 is 9.80 Å². The summed E-state index contributed by atoms with van der Waals surface area (Å²) < 4.78 is 38.4. The van der Waals surface area contributed by atoms with Crippen molar-refractivity contribution in [2.75, 3.05) is 26.2 Å². The molecular weight excluding hydrogens is 333 g/mol. The number of likely N-dealkylation sites (tertiary alicyclic amines) is 2. The van der Waals surface area contributed by atoms with Gasteiger partial charge in [0.2, 0.25) is 5.91 Å². The SMILES string of the molecule is O=C(c1cccc(C(F)(F)F)c1)N1CCC(C(=O)N2CCCC2)CC1. The van der Waals surface area contributed by atoms with E-state index in [2.05, 4.69) is 0 Å². The molecule has 2 fully saturated rings. The monoisotopic (exact) mass is 354 g/mol. The fourth-order valence-electron chi connectivity index (χ4n) is 3.54. The molecule has 0 saturated carbocycles. The summed E-state index contributed by atoms with van der Waals surface area (Å²) in [5.41, 5.74) is -0.781. The van der Waals surface area contributed by atoms with Gasteiger partial charge in [-0.3, -0.25) is 9.59 Å².